The van der Waals surface area contributed by atoms with Crippen LogP contribution in [0.15, 0.2) is 211 Å². The van der Waals surface area contributed by atoms with Gasteiger partial charge in [-0.1, -0.05) is 147 Å². The van der Waals surface area contributed by atoms with Crippen LogP contribution in [0.25, 0.3) is 33.2 Å². The van der Waals surface area contributed by atoms with Crippen molar-refractivity contribution in [2.24, 2.45) is 0 Å². The highest BCUT2D eigenvalue weighted by atomic mass is 15.1. The van der Waals surface area contributed by atoms with Crippen molar-refractivity contribution in [2.45, 2.75) is 32.1 Å². The summed E-state index contributed by atoms with van der Waals surface area (Å²) in [5, 5.41) is 4.95. The van der Waals surface area contributed by atoms with Gasteiger partial charge in [-0.05, 0) is 141 Å². The Bertz CT molecular complexity index is 2740. The van der Waals surface area contributed by atoms with Crippen molar-refractivity contribution in [1.29, 1.82) is 0 Å². The molecule has 0 spiro atoms. The molecule has 2 heteroatoms. The van der Waals surface area contributed by atoms with Gasteiger partial charge in [-0.3, -0.25) is 0 Å². The van der Waals surface area contributed by atoms with Gasteiger partial charge in [-0.2, -0.15) is 0 Å². The maximum Gasteiger partial charge on any atom is 0.0468 e. The van der Waals surface area contributed by atoms with Crippen LogP contribution in [0.4, 0.5) is 34.1 Å². The Morgan fingerprint density at radius 1 is 0.421 bits per heavy atom. The highest BCUT2D eigenvalue weighted by Crippen LogP contribution is 2.52. The highest BCUT2D eigenvalue weighted by Gasteiger charge is 2.38. The summed E-state index contributed by atoms with van der Waals surface area (Å²) in [6, 6.07) is 68.1. The molecule has 2 aliphatic rings. The first-order chi connectivity index (χ1) is 28.0. The van der Waals surface area contributed by atoms with E-state index in [0.29, 0.717) is 0 Å². The first-order valence-electron chi connectivity index (χ1n) is 20.0. The molecule has 0 saturated carbocycles. The number of para-hydroxylation sites is 2. The monoisotopic (exact) mass is 732 g/mol. The smallest absolute Gasteiger partial charge is 0.0468 e. The van der Waals surface area contributed by atoms with Crippen LogP contribution in [0.1, 0.15) is 43.4 Å². The minimum Gasteiger partial charge on any atom is -0.310 e. The lowest BCUT2D eigenvalue weighted by atomic mass is 9.78. The molecule has 274 valence electrons. The van der Waals surface area contributed by atoms with E-state index >= 15 is 0 Å². The molecule has 0 radical (unpaired) electrons. The van der Waals surface area contributed by atoms with Crippen LogP contribution in [0.2, 0.25) is 0 Å². The minimum absolute atomic E-state index is 0.101. The number of benzene rings is 8. The fraction of sp³-hybridized carbons (Fsp3) is 0.0909. The fourth-order valence-corrected chi connectivity index (χ4v) is 8.93. The van der Waals surface area contributed by atoms with Crippen molar-refractivity contribution in [3.8, 4) is 0 Å². The number of hydrogen-bond donors (Lipinski definition) is 0. The van der Waals surface area contributed by atoms with Gasteiger partial charge in [0, 0.05) is 39.5 Å². The van der Waals surface area contributed by atoms with Gasteiger partial charge in [-0.25, -0.2) is 0 Å². The second kappa shape index (κ2) is 14.3. The summed E-state index contributed by atoms with van der Waals surface area (Å²) in [5.41, 5.74) is 15.1. The fourth-order valence-electron chi connectivity index (χ4n) is 8.93. The van der Waals surface area contributed by atoms with Gasteiger partial charge >= 0.3 is 0 Å². The molecule has 0 aromatic heterocycles. The van der Waals surface area contributed by atoms with E-state index in [2.05, 4.69) is 230 Å². The van der Waals surface area contributed by atoms with E-state index in [9.17, 15) is 0 Å². The van der Waals surface area contributed by atoms with Crippen molar-refractivity contribution in [3.63, 3.8) is 0 Å². The second-order valence-corrected chi connectivity index (χ2v) is 15.8. The number of anilines is 6. The van der Waals surface area contributed by atoms with Gasteiger partial charge in [0.15, 0.2) is 0 Å². The Labute approximate surface area is 336 Å². The SMILES string of the molecule is CC1(C)C2=C(CCC(/C=C/c3ccc(N(c4ccc5ccccc5c4)c4ccc5ccccc5c4)cc3)=C2)c2ccc(N(c3ccccc3)c3ccccc3)cc21. The molecular formula is C55H44N2. The molecule has 2 nitrogen and oxygen atoms in total. The third-order valence-electron chi connectivity index (χ3n) is 11.9. The molecule has 0 amide bonds. The number of allylic oxidation sites excluding steroid dienone is 5. The molecule has 2 aliphatic carbocycles. The first-order valence-corrected chi connectivity index (χ1v) is 20.0. The van der Waals surface area contributed by atoms with Crippen LogP contribution in [0.3, 0.4) is 0 Å². The molecular weight excluding hydrogens is 689 g/mol. The summed E-state index contributed by atoms with van der Waals surface area (Å²) in [6.45, 7) is 4.79. The summed E-state index contributed by atoms with van der Waals surface area (Å²) < 4.78 is 0. The molecule has 0 saturated heterocycles. The Hall–Kier alpha value is -6.90. The van der Waals surface area contributed by atoms with Crippen molar-refractivity contribution >= 4 is 67.3 Å². The van der Waals surface area contributed by atoms with Crippen molar-refractivity contribution in [1.82, 2.24) is 0 Å². The third-order valence-corrected chi connectivity index (χ3v) is 11.9. The summed E-state index contributed by atoms with van der Waals surface area (Å²) in [5.74, 6) is 0. The number of nitrogens with zero attached hydrogens (tertiary/aromatic N) is 2. The normalized spacial score (nSPS) is 14.5. The second-order valence-electron chi connectivity index (χ2n) is 15.8. The average molecular weight is 733 g/mol. The van der Waals surface area contributed by atoms with E-state index < -0.39 is 0 Å². The van der Waals surface area contributed by atoms with Gasteiger partial charge in [0.2, 0.25) is 0 Å². The molecule has 10 rings (SSSR count). The lowest BCUT2D eigenvalue weighted by Crippen LogP contribution is -2.18. The maximum absolute atomic E-state index is 2.47. The van der Waals surface area contributed by atoms with Crippen LogP contribution < -0.4 is 9.80 Å². The van der Waals surface area contributed by atoms with E-state index in [-0.39, 0.29) is 5.41 Å². The quantitative estimate of drug-likeness (QED) is 0.153. The minimum atomic E-state index is -0.101. The Kier molecular flexibility index (Phi) is 8.68. The van der Waals surface area contributed by atoms with Gasteiger partial charge in [0.25, 0.3) is 0 Å². The average Bonchev–Trinajstić information content (AvgIpc) is 3.49. The maximum atomic E-state index is 2.47. The summed E-state index contributed by atoms with van der Waals surface area (Å²) in [4.78, 5) is 4.74. The van der Waals surface area contributed by atoms with Crippen LogP contribution in [0, 0.1) is 0 Å². The van der Waals surface area contributed by atoms with E-state index in [4.69, 9.17) is 0 Å². The number of fused-ring (bicyclic) bond motifs is 4. The van der Waals surface area contributed by atoms with Gasteiger partial charge < -0.3 is 9.80 Å². The first kappa shape index (κ1) is 34.6. The number of rotatable bonds is 8. The zero-order valence-electron chi connectivity index (χ0n) is 32.4. The van der Waals surface area contributed by atoms with E-state index in [0.717, 1.165) is 41.3 Å². The molecule has 0 fully saturated rings. The molecule has 0 N–H and O–H groups in total. The highest BCUT2D eigenvalue weighted by molar-refractivity contribution is 5.93. The van der Waals surface area contributed by atoms with Crippen molar-refractivity contribution < 1.29 is 0 Å². The van der Waals surface area contributed by atoms with Gasteiger partial charge in [0.1, 0.15) is 0 Å². The predicted octanol–water partition coefficient (Wildman–Crippen LogP) is 15.4. The molecule has 0 aliphatic heterocycles. The largest absolute Gasteiger partial charge is 0.310 e. The van der Waals surface area contributed by atoms with Gasteiger partial charge in [-0.15, -0.1) is 0 Å². The molecule has 8 aromatic rings. The van der Waals surface area contributed by atoms with Crippen molar-refractivity contribution in [3.05, 3.63) is 228 Å². The summed E-state index contributed by atoms with van der Waals surface area (Å²) >= 11 is 0. The Morgan fingerprint density at radius 2 is 0.895 bits per heavy atom. The molecule has 8 aromatic carbocycles. The molecule has 0 atom stereocenters. The molecule has 0 unspecified atom stereocenters. The zero-order chi connectivity index (χ0) is 38.3. The van der Waals surface area contributed by atoms with Crippen LogP contribution in [0.5, 0.6) is 0 Å². The Morgan fingerprint density at radius 3 is 1.49 bits per heavy atom. The van der Waals surface area contributed by atoms with Crippen molar-refractivity contribution in [2.75, 3.05) is 9.80 Å². The molecule has 57 heavy (non-hydrogen) atoms. The van der Waals surface area contributed by atoms with E-state index in [1.165, 1.54) is 60.6 Å². The van der Waals surface area contributed by atoms with Gasteiger partial charge in [0.05, 0.1) is 0 Å². The lowest BCUT2D eigenvalue weighted by Gasteiger charge is -2.28. The van der Waals surface area contributed by atoms with Crippen LogP contribution in [-0.2, 0) is 5.41 Å². The standard InChI is InChI=1S/C55H44N2/c1-55(2)53-35-40(25-33-51(53)52-34-32-50(38-54(52)55)56(45-17-5-3-6-18-45)46-19-7-4-8-20-46)22-21-39-23-28-47(29-24-39)57(48-30-26-41-13-9-11-15-43(41)36-48)49-31-27-42-14-10-12-16-44(42)37-49/h3-24,26-32,34-38H,25,33H2,1-2H3/b22-21+. The summed E-state index contributed by atoms with van der Waals surface area (Å²) in [7, 11) is 0. The topological polar surface area (TPSA) is 6.48 Å². The van der Waals surface area contributed by atoms with Crippen LogP contribution >= 0.6 is 0 Å². The lowest BCUT2D eigenvalue weighted by molar-refractivity contribution is 0.650. The predicted molar refractivity (Wildman–Crippen MR) is 244 cm³/mol. The molecule has 0 heterocycles. The van der Waals surface area contributed by atoms with Crippen LogP contribution in [-0.4, -0.2) is 0 Å². The molecule has 0 bridgehead atoms. The summed E-state index contributed by atoms with van der Waals surface area (Å²) in [6.07, 6.45) is 9.16. The Balaban J connectivity index is 0.935. The van der Waals surface area contributed by atoms with E-state index in [1.807, 2.05) is 0 Å². The van der Waals surface area contributed by atoms with E-state index in [1.54, 1.807) is 0 Å². The third kappa shape index (κ3) is 6.44. The number of hydrogen-bond acceptors (Lipinski definition) is 2. The zero-order valence-corrected chi connectivity index (χ0v) is 32.4.